The van der Waals surface area contributed by atoms with Crippen LogP contribution >= 0.6 is 11.6 Å². The van der Waals surface area contributed by atoms with Gasteiger partial charge in [0.25, 0.3) is 0 Å². The Labute approximate surface area is 124 Å². The minimum Gasteiger partial charge on any atom is -0.324 e. The Morgan fingerprint density at radius 2 is 2.05 bits per heavy atom. The van der Waals surface area contributed by atoms with Gasteiger partial charge in [-0.2, -0.15) is 0 Å². The fraction of sp³-hybridized carbons (Fsp3) is 0.533. The van der Waals surface area contributed by atoms with Gasteiger partial charge in [0.15, 0.2) is 0 Å². The van der Waals surface area contributed by atoms with Gasteiger partial charge < -0.3 is 9.47 Å². The minimum absolute atomic E-state index is 0.202. The third-order valence-corrected chi connectivity index (χ3v) is 3.66. The van der Waals surface area contributed by atoms with E-state index in [2.05, 4.69) is 21.4 Å². The standard InChI is InChI=1S/C15H21ClFN3/c1-10(7-8-19(3)4)20-14-9-12(17)5-6-13(14)18-15(20)11(2)16/h5-6,9-11H,7-8H2,1-4H3. The molecule has 0 aliphatic rings. The highest BCUT2D eigenvalue weighted by molar-refractivity contribution is 6.20. The van der Waals surface area contributed by atoms with E-state index in [-0.39, 0.29) is 17.2 Å². The van der Waals surface area contributed by atoms with Gasteiger partial charge in [-0.15, -0.1) is 11.6 Å². The molecular weight excluding hydrogens is 277 g/mol. The molecule has 2 atom stereocenters. The van der Waals surface area contributed by atoms with Gasteiger partial charge in [0.1, 0.15) is 11.6 Å². The maximum Gasteiger partial charge on any atom is 0.127 e. The van der Waals surface area contributed by atoms with Gasteiger partial charge in [-0.3, -0.25) is 0 Å². The van der Waals surface area contributed by atoms with E-state index in [0.717, 1.165) is 29.8 Å². The first kappa shape index (κ1) is 15.3. The highest BCUT2D eigenvalue weighted by atomic mass is 35.5. The van der Waals surface area contributed by atoms with Crippen molar-refractivity contribution in [2.24, 2.45) is 0 Å². The fourth-order valence-corrected chi connectivity index (χ4v) is 2.56. The van der Waals surface area contributed by atoms with Crippen LogP contribution in [0.2, 0.25) is 0 Å². The topological polar surface area (TPSA) is 21.1 Å². The van der Waals surface area contributed by atoms with Gasteiger partial charge in [0, 0.05) is 6.04 Å². The molecule has 0 saturated heterocycles. The number of imidazole rings is 1. The van der Waals surface area contributed by atoms with E-state index in [1.54, 1.807) is 6.07 Å². The summed E-state index contributed by atoms with van der Waals surface area (Å²) < 4.78 is 15.6. The largest absolute Gasteiger partial charge is 0.324 e. The summed E-state index contributed by atoms with van der Waals surface area (Å²) in [5.74, 6) is 0.561. The first-order chi connectivity index (χ1) is 9.40. The number of rotatable bonds is 5. The highest BCUT2D eigenvalue weighted by Gasteiger charge is 2.19. The molecule has 2 aromatic rings. The number of hydrogen-bond acceptors (Lipinski definition) is 2. The van der Waals surface area contributed by atoms with E-state index < -0.39 is 0 Å². The Kier molecular flexibility index (Phi) is 4.66. The summed E-state index contributed by atoms with van der Waals surface area (Å²) in [5, 5.41) is -0.202. The van der Waals surface area contributed by atoms with Gasteiger partial charge in [0.05, 0.1) is 16.4 Å². The summed E-state index contributed by atoms with van der Waals surface area (Å²) in [4.78, 5) is 6.69. The Morgan fingerprint density at radius 1 is 1.35 bits per heavy atom. The van der Waals surface area contributed by atoms with Crippen molar-refractivity contribution in [2.75, 3.05) is 20.6 Å². The Bertz CT molecular complexity index is 592. The van der Waals surface area contributed by atoms with Crippen molar-refractivity contribution in [3.8, 4) is 0 Å². The number of aromatic nitrogens is 2. The predicted molar refractivity (Wildman–Crippen MR) is 81.8 cm³/mol. The smallest absolute Gasteiger partial charge is 0.127 e. The molecule has 20 heavy (non-hydrogen) atoms. The molecule has 1 aromatic heterocycles. The second-order valence-corrected chi connectivity index (χ2v) is 6.18. The molecule has 5 heteroatoms. The summed E-state index contributed by atoms with van der Waals surface area (Å²) in [6.07, 6.45) is 0.964. The third-order valence-electron chi connectivity index (χ3n) is 3.47. The fourth-order valence-electron chi connectivity index (χ4n) is 2.40. The van der Waals surface area contributed by atoms with Crippen LogP contribution in [0.4, 0.5) is 4.39 Å². The molecule has 0 fully saturated rings. The van der Waals surface area contributed by atoms with E-state index in [4.69, 9.17) is 11.6 Å². The maximum atomic E-state index is 13.5. The van der Waals surface area contributed by atoms with Crippen molar-refractivity contribution < 1.29 is 4.39 Å². The second kappa shape index (κ2) is 6.10. The molecule has 0 N–H and O–H groups in total. The monoisotopic (exact) mass is 297 g/mol. The molecule has 0 aliphatic heterocycles. The molecule has 2 rings (SSSR count). The van der Waals surface area contributed by atoms with Crippen LogP contribution in [0.1, 0.15) is 37.5 Å². The highest BCUT2D eigenvalue weighted by Crippen LogP contribution is 2.29. The van der Waals surface area contributed by atoms with Crippen molar-refractivity contribution in [1.29, 1.82) is 0 Å². The number of fused-ring (bicyclic) bond motifs is 1. The van der Waals surface area contributed by atoms with Gasteiger partial charge in [-0.1, -0.05) is 0 Å². The average molecular weight is 298 g/mol. The number of halogens is 2. The minimum atomic E-state index is -0.243. The first-order valence-corrected chi connectivity index (χ1v) is 7.30. The zero-order valence-corrected chi connectivity index (χ0v) is 13.2. The normalized spacial score (nSPS) is 14.9. The number of benzene rings is 1. The molecule has 0 aliphatic carbocycles. The van der Waals surface area contributed by atoms with E-state index in [1.807, 2.05) is 21.0 Å². The molecular formula is C15H21ClFN3. The lowest BCUT2D eigenvalue weighted by atomic mass is 10.2. The predicted octanol–water partition coefficient (Wildman–Crippen LogP) is 3.99. The van der Waals surface area contributed by atoms with E-state index in [9.17, 15) is 4.39 Å². The quantitative estimate of drug-likeness (QED) is 0.778. The zero-order chi connectivity index (χ0) is 14.9. The van der Waals surface area contributed by atoms with E-state index >= 15 is 0 Å². The Balaban J connectivity index is 2.47. The van der Waals surface area contributed by atoms with E-state index in [1.165, 1.54) is 12.1 Å². The molecule has 0 amide bonds. The molecule has 0 bridgehead atoms. The molecule has 2 unspecified atom stereocenters. The lowest BCUT2D eigenvalue weighted by Gasteiger charge is -2.20. The summed E-state index contributed by atoms with van der Waals surface area (Å²) in [5.41, 5.74) is 1.62. The maximum absolute atomic E-state index is 13.5. The number of nitrogens with zero attached hydrogens (tertiary/aromatic N) is 3. The zero-order valence-electron chi connectivity index (χ0n) is 12.4. The van der Waals surface area contributed by atoms with Crippen LogP contribution < -0.4 is 0 Å². The number of alkyl halides is 1. The molecule has 0 saturated carbocycles. The van der Waals surface area contributed by atoms with Crippen LogP contribution in [0.5, 0.6) is 0 Å². The van der Waals surface area contributed by atoms with Crippen molar-refractivity contribution in [2.45, 2.75) is 31.7 Å². The van der Waals surface area contributed by atoms with Crippen LogP contribution in [0.15, 0.2) is 18.2 Å². The number of hydrogen-bond donors (Lipinski definition) is 0. The molecule has 1 aromatic carbocycles. The molecule has 1 heterocycles. The lowest BCUT2D eigenvalue weighted by molar-refractivity contribution is 0.357. The van der Waals surface area contributed by atoms with Crippen molar-refractivity contribution in [3.63, 3.8) is 0 Å². The van der Waals surface area contributed by atoms with Gasteiger partial charge in [-0.25, -0.2) is 9.37 Å². The Morgan fingerprint density at radius 3 is 2.65 bits per heavy atom. The average Bonchev–Trinajstić information content (AvgIpc) is 2.74. The lowest BCUT2D eigenvalue weighted by Crippen LogP contribution is -2.18. The molecule has 0 spiro atoms. The third kappa shape index (κ3) is 3.13. The van der Waals surface area contributed by atoms with Gasteiger partial charge >= 0.3 is 0 Å². The van der Waals surface area contributed by atoms with Gasteiger partial charge in [-0.05, 0) is 59.1 Å². The van der Waals surface area contributed by atoms with E-state index in [0.29, 0.717) is 0 Å². The first-order valence-electron chi connectivity index (χ1n) is 6.86. The SMILES string of the molecule is CC(Cl)c1nc2ccc(F)cc2n1C(C)CCN(C)C. The van der Waals surface area contributed by atoms with Crippen molar-refractivity contribution >= 4 is 22.6 Å². The van der Waals surface area contributed by atoms with Gasteiger partial charge in [0.2, 0.25) is 0 Å². The molecule has 0 radical (unpaired) electrons. The molecule has 110 valence electrons. The summed E-state index contributed by atoms with van der Waals surface area (Å²) in [7, 11) is 4.09. The Hall–Kier alpha value is -1.13. The van der Waals surface area contributed by atoms with Crippen LogP contribution in [0, 0.1) is 5.82 Å². The van der Waals surface area contributed by atoms with Crippen molar-refractivity contribution in [3.05, 3.63) is 29.8 Å². The summed E-state index contributed by atoms with van der Waals surface area (Å²) in [6.45, 7) is 4.98. The van der Waals surface area contributed by atoms with Crippen LogP contribution in [-0.2, 0) is 0 Å². The van der Waals surface area contributed by atoms with Crippen LogP contribution in [0.25, 0.3) is 11.0 Å². The van der Waals surface area contributed by atoms with Crippen molar-refractivity contribution in [1.82, 2.24) is 14.5 Å². The summed E-state index contributed by atoms with van der Waals surface area (Å²) >= 11 is 6.24. The van der Waals surface area contributed by atoms with Crippen LogP contribution in [-0.4, -0.2) is 35.1 Å². The second-order valence-electron chi connectivity index (χ2n) is 5.53. The van der Waals surface area contributed by atoms with Crippen LogP contribution in [0.3, 0.4) is 0 Å². The summed E-state index contributed by atoms with van der Waals surface area (Å²) in [6, 6.07) is 4.91. The molecule has 3 nitrogen and oxygen atoms in total.